The number of rotatable bonds is 12. The van der Waals surface area contributed by atoms with Gasteiger partial charge in [-0.2, -0.15) is 0 Å². The molecule has 4 nitrogen and oxygen atoms in total. The van der Waals surface area contributed by atoms with Crippen molar-refractivity contribution in [3.8, 4) is 5.88 Å². The average Bonchev–Trinajstić information content (AvgIpc) is 2.47. The van der Waals surface area contributed by atoms with Gasteiger partial charge in [-0.3, -0.25) is 4.98 Å². The van der Waals surface area contributed by atoms with Crippen LogP contribution in [0.2, 0.25) is 0 Å². The number of nitrogens with zero attached hydrogens (tertiary/aromatic N) is 2. The first-order chi connectivity index (χ1) is 9.86. The summed E-state index contributed by atoms with van der Waals surface area (Å²) in [4.78, 5) is 8.62. The molecule has 0 unspecified atom stereocenters. The maximum Gasteiger partial charge on any atom is 0.232 e. The van der Waals surface area contributed by atoms with Gasteiger partial charge in [-0.05, 0) is 19.4 Å². The van der Waals surface area contributed by atoms with Crippen LogP contribution in [0.1, 0.15) is 64.5 Å². The van der Waals surface area contributed by atoms with Gasteiger partial charge in [0, 0.05) is 12.7 Å². The zero-order valence-electron chi connectivity index (χ0n) is 13.0. The first-order valence-electron chi connectivity index (χ1n) is 8.01. The minimum atomic E-state index is 0.648. The molecule has 1 rings (SSSR count). The first-order valence-corrected chi connectivity index (χ1v) is 8.01. The molecular weight excluding hydrogens is 250 g/mol. The monoisotopic (exact) mass is 279 g/mol. The average molecular weight is 279 g/mol. The predicted octanol–water partition coefficient (Wildman–Crippen LogP) is 3.72. The lowest BCUT2D eigenvalue weighted by Gasteiger charge is -2.07. The molecule has 114 valence electrons. The Morgan fingerprint density at radius 3 is 2.60 bits per heavy atom. The maximum atomic E-state index is 5.66. The second kappa shape index (κ2) is 11.6. The van der Waals surface area contributed by atoms with Crippen LogP contribution in [-0.2, 0) is 6.54 Å². The van der Waals surface area contributed by atoms with Crippen molar-refractivity contribution in [2.75, 3.05) is 13.2 Å². The van der Waals surface area contributed by atoms with E-state index in [0.717, 1.165) is 38.2 Å². The molecule has 0 amide bonds. The molecule has 1 aromatic rings. The van der Waals surface area contributed by atoms with E-state index >= 15 is 0 Å². The quantitative estimate of drug-likeness (QED) is 0.592. The van der Waals surface area contributed by atoms with Crippen LogP contribution in [0.3, 0.4) is 0 Å². The molecule has 20 heavy (non-hydrogen) atoms. The van der Waals surface area contributed by atoms with Crippen LogP contribution in [0.5, 0.6) is 5.88 Å². The summed E-state index contributed by atoms with van der Waals surface area (Å²) in [7, 11) is 0. The van der Waals surface area contributed by atoms with Crippen LogP contribution >= 0.6 is 0 Å². The van der Waals surface area contributed by atoms with Gasteiger partial charge in [0.05, 0.1) is 18.5 Å². The highest BCUT2D eigenvalue weighted by atomic mass is 16.5. The van der Waals surface area contributed by atoms with E-state index in [1.807, 2.05) is 0 Å². The van der Waals surface area contributed by atoms with Crippen molar-refractivity contribution in [2.45, 2.75) is 65.3 Å². The third kappa shape index (κ3) is 8.10. The Morgan fingerprint density at radius 1 is 1.00 bits per heavy atom. The lowest BCUT2D eigenvalue weighted by atomic mass is 10.1. The zero-order chi connectivity index (χ0) is 14.5. The van der Waals surface area contributed by atoms with Gasteiger partial charge in [-0.25, -0.2) is 4.98 Å². The molecule has 4 heteroatoms. The minimum Gasteiger partial charge on any atom is -0.477 e. The number of unbranched alkanes of at least 4 members (excludes halogenated alkanes) is 5. The summed E-state index contributed by atoms with van der Waals surface area (Å²) in [5.41, 5.74) is 0.943. The molecule has 0 spiro atoms. The van der Waals surface area contributed by atoms with Crippen molar-refractivity contribution < 1.29 is 4.74 Å². The van der Waals surface area contributed by atoms with Gasteiger partial charge in [0.25, 0.3) is 0 Å². The third-order valence-electron chi connectivity index (χ3n) is 3.14. The summed E-state index contributed by atoms with van der Waals surface area (Å²) in [6, 6.07) is 0. The van der Waals surface area contributed by atoms with Gasteiger partial charge < -0.3 is 10.1 Å². The summed E-state index contributed by atoms with van der Waals surface area (Å²) in [5, 5.41) is 3.32. The standard InChI is InChI=1S/C16H29N3O/c1-3-5-6-7-8-9-11-20-16-14-18-13-15(19-16)12-17-10-4-2/h13-14,17H,3-12H2,1-2H3. The van der Waals surface area contributed by atoms with Crippen LogP contribution in [0.25, 0.3) is 0 Å². The van der Waals surface area contributed by atoms with Gasteiger partial charge in [-0.1, -0.05) is 46.0 Å². The Labute approximate surface area is 123 Å². The molecule has 1 N–H and O–H groups in total. The second-order valence-corrected chi connectivity index (χ2v) is 5.14. The van der Waals surface area contributed by atoms with E-state index in [0.29, 0.717) is 5.88 Å². The highest BCUT2D eigenvalue weighted by Crippen LogP contribution is 2.08. The van der Waals surface area contributed by atoms with Gasteiger partial charge in [0.2, 0.25) is 5.88 Å². The number of ether oxygens (including phenoxy) is 1. The summed E-state index contributed by atoms with van der Waals surface area (Å²) in [6.45, 7) is 6.90. The van der Waals surface area contributed by atoms with Crippen molar-refractivity contribution in [3.05, 3.63) is 18.1 Å². The second-order valence-electron chi connectivity index (χ2n) is 5.14. The molecule has 0 radical (unpaired) electrons. The number of aromatic nitrogens is 2. The smallest absolute Gasteiger partial charge is 0.232 e. The summed E-state index contributed by atoms with van der Waals surface area (Å²) >= 11 is 0. The van der Waals surface area contributed by atoms with Crippen LogP contribution in [0, 0.1) is 0 Å². The van der Waals surface area contributed by atoms with Gasteiger partial charge in [-0.15, -0.1) is 0 Å². The lowest BCUT2D eigenvalue weighted by molar-refractivity contribution is 0.291. The highest BCUT2D eigenvalue weighted by Gasteiger charge is 2.00. The van der Waals surface area contributed by atoms with E-state index in [9.17, 15) is 0 Å². The third-order valence-corrected chi connectivity index (χ3v) is 3.14. The van der Waals surface area contributed by atoms with Gasteiger partial charge in [0.1, 0.15) is 0 Å². The van der Waals surface area contributed by atoms with Crippen molar-refractivity contribution in [2.24, 2.45) is 0 Å². The first kappa shape index (κ1) is 16.9. The molecule has 1 heterocycles. The van der Waals surface area contributed by atoms with Gasteiger partial charge >= 0.3 is 0 Å². The summed E-state index contributed by atoms with van der Waals surface area (Å²) in [6.07, 6.45) is 12.3. The van der Waals surface area contributed by atoms with E-state index in [4.69, 9.17) is 4.74 Å². The summed E-state index contributed by atoms with van der Waals surface area (Å²) < 4.78 is 5.66. The Kier molecular flexibility index (Phi) is 9.84. The van der Waals surface area contributed by atoms with Crippen LogP contribution in [0.15, 0.2) is 12.4 Å². The topological polar surface area (TPSA) is 47.0 Å². The molecule has 0 fully saturated rings. The molecule has 0 aliphatic carbocycles. The molecule has 0 bridgehead atoms. The van der Waals surface area contributed by atoms with E-state index in [1.54, 1.807) is 12.4 Å². The fourth-order valence-corrected chi connectivity index (χ4v) is 1.99. The molecular formula is C16H29N3O. The largest absolute Gasteiger partial charge is 0.477 e. The number of nitrogens with one attached hydrogen (secondary N) is 1. The number of hydrogen-bond acceptors (Lipinski definition) is 4. The van der Waals surface area contributed by atoms with E-state index in [-0.39, 0.29) is 0 Å². The minimum absolute atomic E-state index is 0.648. The molecule has 0 aliphatic rings. The normalized spacial score (nSPS) is 10.7. The molecule has 1 aromatic heterocycles. The molecule has 0 aliphatic heterocycles. The van der Waals surface area contributed by atoms with Gasteiger partial charge in [0.15, 0.2) is 0 Å². The van der Waals surface area contributed by atoms with E-state index < -0.39 is 0 Å². The maximum absolute atomic E-state index is 5.66. The van der Waals surface area contributed by atoms with Crippen molar-refractivity contribution >= 4 is 0 Å². The molecule has 0 atom stereocenters. The van der Waals surface area contributed by atoms with E-state index in [1.165, 1.54) is 32.1 Å². The fourth-order valence-electron chi connectivity index (χ4n) is 1.99. The zero-order valence-corrected chi connectivity index (χ0v) is 13.0. The molecule has 0 aromatic carbocycles. The van der Waals surface area contributed by atoms with Crippen molar-refractivity contribution in [3.63, 3.8) is 0 Å². The van der Waals surface area contributed by atoms with Crippen LogP contribution in [0.4, 0.5) is 0 Å². The lowest BCUT2D eigenvalue weighted by Crippen LogP contribution is -2.15. The molecule has 0 saturated carbocycles. The van der Waals surface area contributed by atoms with Crippen molar-refractivity contribution in [1.29, 1.82) is 0 Å². The van der Waals surface area contributed by atoms with Crippen molar-refractivity contribution in [1.82, 2.24) is 15.3 Å². The SMILES string of the molecule is CCCCCCCCOc1cncc(CNCCC)n1. The fraction of sp³-hybridized carbons (Fsp3) is 0.750. The highest BCUT2D eigenvalue weighted by molar-refractivity contribution is 5.08. The Balaban J connectivity index is 2.14. The summed E-state index contributed by atoms with van der Waals surface area (Å²) in [5.74, 6) is 0.648. The Bertz CT molecular complexity index is 344. The van der Waals surface area contributed by atoms with E-state index in [2.05, 4.69) is 29.1 Å². The Hall–Kier alpha value is -1.16. The van der Waals surface area contributed by atoms with Crippen LogP contribution < -0.4 is 10.1 Å². The van der Waals surface area contributed by atoms with Crippen LogP contribution in [-0.4, -0.2) is 23.1 Å². The number of hydrogen-bond donors (Lipinski definition) is 1. The Morgan fingerprint density at radius 2 is 1.80 bits per heavy atom. The molecule has 0 saturated heterocycles. The predicted molar refractivity (Wildman–Crippen MR) is 82.9 cm³/mol.